The van der Waals surface area contributed by atoms with E-state index in [2.05, 4.69) is 39.3 Å². The normalized spacial score (nSPS) is 12.8. The minimum atomic E-state index is 0. The van der Waals surface area contributed by atoms with Gasteiger partial charge in [0.05, 0.1) is 12.0 Å². The zero-order valence-electron chi connectivity index (χ0n) is 8.96. The minimum Gasteiger partial charge on any atom is -0.346 e. The van der Waals surface area contributed by atoms with Crippen molar-refractivity contribution < 1.29 is 0 Å². The second kappa shape index (κ2) is 5.17. The summed E-state index contributed by atoms with van der Waals surface area (Å²) in [5.74, 6) is 0. The molecular formula is C13H11ClN2S. The van der Waals surface area contributed by atoms with Gasteiger partial charge in [-0.05, 0) is 23.6 Å². The first-order chi connectivity index (χ1) is 7.93. The molecule has 2 heterocycles. The van der Waals surface area contributed by atoms with Crippen LogP contribution in [-0.2, 0) is 0 Å². The maximum absolute atomic E-state index is 4.36. The first-order valence-electron chi connectivity index (χ1n) is 5.06. The molecule has 3 rings (SSSR count). The average Bonchev–Trinajstić information content (AvgIpc) is 2.75. The molecule has 0 bridgehead atoms. The Hall–Kier alpha value is -1.58. The topological polar surface area (TPSA) is 24.4 Å². The lowest BCUT2D eigenvalue weighted by atomic mass is 10.1. The number of aliphatic imine (C=N–C) groups is 1. The van der Waals surface area contributed by atoms with Crippen molar-refractivity contribution in [1.82, 2.24) is 5.32 Å². The summed E-state index contributed by atoms with van der Waals surface area (Å²) in [4.78, 5) is 4.36. The lowest BCUT2D eigenvalue weighted by Gasteiger charge is -2.02. The molecule has 0 atom stereocenters. The van der Waals surface area contributed by atoms with Gasteiger partial charge in [-0.25, -0.2) is 4.99 Å². The maximum atomic E-state index is 4.36. The molecule has 0 fully saturated rings. The molecule has 2 aromatic rings. The second-order valence-electron chi connectivity index (χ2n) is 3.53. The molecule has 0 saturated heterocycles. The molecule has 1 aliphatic heterocycles. The molecule has 0 unspecified atom stereocenters. The quantitative estimate of drug-likeness (QED) is 0.827. The van der Waals surface area contributed by atoms with Gasteiger partial charge in [0, 0.05) is 22.2 Å². The van der Waals surface area contributed by atoms with Crippen molar-refractivity contribution in [2.24, 2.45) is 4.99 Å². The van der Waals surface area contributed by atoms with E-state index in [1.807, 2.05) is 18.2 Å². The van der Waals surface area contributed by atoms with E-state index >= 15 is 0 Å². The summed E-state index contributed by atoms with van der Waals surface area (Å²) in [5.41, 5.74) is 4.44. The summed E-state index contributed by atoms with van der Waals surface area (Å²) in [7, 11) is 0. The van der Waals surface area contributed by atoms with Crippen LogP contribution in [0.15, 0.2) is 46.1 Å². The predicted octanol–water partition coefficient (Wildman–Crippen LogP) is 3.93. The summed E-state index contributed by atoms with van der Waals surface area (Å²) >= 11 is 1.70. The first-order valence-corrected chi connectivity index (χ1v) is 6.00. The number of hydrogen-bond acceptors (Lipinski definition) is 3. The van der Waals surface area contributed by atoms with E-state index in [1.54, 1.807) is 17.7 Å². The third-order valence-corrected chi connectivity index (χ3v) is 3.18. The van der Waals surface area contributed by atoms with Gasteiger partial charge in [-0.2, -0.15) is 11.3 Å². The molecule has 1 aromatic carbocycles. The number of nitrogens with one attached hydrogen (secondary N) is 1. The molecule has 4 heteroatoms. The van der Waals surface area contributed by atoms with Crippen LogP contribution in [0.25, 0.3) is 11.8 Å². The van der Waals surface area contributed by atoms with Gasteiger partial charge >= 0.3 is 0 Å². The zero-order valence-corrected chi connectivity index (χ0v) is 10.6. The Morgan fingerprint density at radius 2 is 2.00 bits per heavy atom. The highest BCUT2D eigenvalue weighted by Crippen LogP contribution is 2.26. The Kier molecular flexibility index (Phi) is 3.61. The van der Waals surface area contributed by atoms with Crippen LogP contribution in [-0.4, -0.2) is 6.34 Å². The highest BCUT2D eigenvalue weighted by atomic mass is 35.5. The van der Waals surface area contributed by atoms with Crippen LogP contribution in [0.1, 0.15) is 11.1 Å². The Labute approximate surface area is 110 Å². The monoisotopic (exact) mass is 262 g/mol. The van der Waals surface area contributed by atoms with E-state index < -0.39 is 0 Å². The fourth-order valence-corrected chi connectivity index (χ4v) is 2.34. The maximum Gasteiger partial charge on any atom is 0.0930 e. The third kappa shape index (κ3) is 2.40. The van der Waals surface area contributed by atoms with Gasteiger partial charge in [0.2, 0.25) is 0 Å². The van der Waals surface area contributed by atoms with Crippen LogP contribution < -0.4 is 5.32 Å². The lowest BCUT2D eigenvalue weighted by Crippen LogP contribution is -2.07. The zero-order chi connectivity index (χ0) is 10.8. The Bertz CT molecular complexity index is 559. The number of benzene rings is 1. The molecule has 0 saturated carbocycles. The molecule has 0 aliphatic carbocycles. The summed E-state index contributed by atoms with van der Waals surface area (Å²) in [6.07, 6.45) is 3.87. The van der Waals surface area contributed by atoms with Crippen LogP contribution in [0.3, 0.4) is 0 Å². The molecule has 1 aliphatic rings. The van der Waals surface area contributed by atoms with Crippen LogP contribution in [0.5, 0.6) is 0 Å². The van der Waals surface area contributed by atoms with E-state index in [-0.39, 0.29) is 12.4 Å². The average molecular weight is 263 g/mol. The standard InChI is InChI=1S/C13H10N2S.ClH/c1-2-4-12-10(3-1)7-13(15-9-14-12)11-5-6-16-8-11;/h1-9H,(H,14,15);1H. The highest BCUT2D eigenvalue weighted by molar-refractivity contribution is 7.08. The molecule has 86 valence electrons. The van der Waals surface area contributed by atoms with Crippen molar-refractivity contribution >= 4 is 47.5 Å². The van der Waals surface area contributed by atoms with Crippen LogP contribution in [0, 0.1) is 0 Å². The summed E-state index contributed by atoms with van der Waals surface area (Å²) in [5, 5.41) is 7.41. The van der Waals surface area contributed by atoms with E-state index in [0.29, 0.717) is 0 Å². The van der Waals surface area contributed by atoms with E-state index in [4.69, 9.17) is 0 Å². The molecule has 0 amide bonds. The van der Waals surface area contributed by atoms with E-state index in [9.17, 15) is 0 Å². The number of halogens is 1. The molecule has 17 heavy (non-hydrogen) atoms. The largest absolute Gasteiger partial charge is 0.346 e. The van der Waals surface area contributed by atoms with Gasteiger partial charge in [0.25, 0.3) is 0 Å². The minimum absolute atomic E-state index is 0. The predicted molar refractivity (Wildman–Crippen MR) is 77.2 cm³/mol. The highest BCUT2D eigenvalue weighted by Gasteiger charge is 2.06. The van der Waals surface area contributed by atoms with Crippen molar-refractivity contribution in [2.75, 3.05) is 0 Å². The fourth-order valence-electron chi connectivity index (χ4n) is 1.68. The molecule has 2 nitrogen and oxygen atoms in total. The molecule has 0 spiro atoms. The number of rotatable bonds is 1. The SMILES string of the molecule is C1=Nc2ccccc2C=C(c2ccsc2)N1.Cl. The van der Waals surface area contributed by atoms with Crippen LogP contribution >= 0.6 is 23.7 Å². The number of fused-ring (bicyclic) bond motifs is 1. The summed E-state index contributed by atoms with van der Waals surface area (Å²) in [6.45, 7) is 0. The van der Waals surface area contributed by atoms with Crippen molar-refractivity contribution in [3.8, 4) is 0 Å². The Morgan fingerprint density at radius 1 is 1.12 bits per heavy atom. The summed E-state index contributed by atoms with van der Waals surface area (Å²) in [6, 6.07) is 10.2. The lowest BCUT2D eigenvalue weighted by molar-refractivity contribution is 1.35. The first kappa shape index (κ1) is 11.9. The Morgan fingerprint density at radius 3 is 2.82 bits per heavy atom. The van der Waals surface area contributed by atoms with Crippen molar-refractivity contribution in [3.05, 3.63) is 52.2 Å². The smallest absolute Gasteiger partial charge is 0.0930 e. The molecule has 0 radical (unpaired) electrons. The number of hydrogen-bond donors (Lipinski definition) is 1. The number of nitrogens with zero attached hydrogens (tertiary/aromatic N) is 1. The molecular weight excluding hydrogens is 252 g/mol. The van der Waals surface area contributed by atoms with Crippen molar-refractivity contribution in [3.63, 3.8) is 0 Å². The number of para-hydroxylation sites is 1. The van der Waals surface area contributed by atoms with E-state index in [1.165, 1.54) is 5.56 Å². The van der Waals surface area contributed by atoms with Gasteiger partial charge in [-0.15, -0.1) is 12.4 Å². The molecule has 1 aromatic heterocycles. The van der Waals surface area contributed by atoms with Gasteiger partial charge in [-0.1, -0.05) is 18.2 Å². The van der Waals surface area contributed by atoms with Gasteiger partial charge < -0.3 is 5.32 Å². The van der Waals surface area contributed by atoms with Gasteiger partial charge in [-0.3, -0.25) is 0 Å². The second-order valence-corrected chi connectivity index (χ2v) is 4.31. The molecule has 1 N–H and O–H groups in total. The van der Waals surface area contributed by atoms with Crippen LogP contribution in [0.2, 0.25) is 0 Å². The van der Waals surface area contributed by atoms with Gasteiger partial charge in [0.1, 0.15) is 0 Å². The third-order valence-electron chi connectivity index (χ3n) is 2.49. The Balaban J connectivity index is 0.00000108. The summed E-state index contributed by atoms with van der Waals surface area (Å²) < 4.78 is 0. The van der Waals surface area contributed by atoms with Crippen molar-refractivity contribution in [1.29, 1.82) is 0 Å². The van der Waals surface area contributed by atoms with Crippen molar-refractivity contribution in [2.45, 2.75) is 0 Å². The fraction of sp³-hybridized carbons (Fsp3) is 0. The number of thiophene rings is 1. The van der Waals surface area contributed by atoms with Gasteiger partial charge in [0.15, 0.2) is 0 Å². The van der Waals surface area contributed by atoms with E-state index in [0.717, 1.165) is 16.9 Å². The van der Waals surface area contributed by atoms with Crippen LogP contribution in [0.4, 0.5) is 5.69 Å².